The van der Waals surface area contributed by atoms with E-state index in [-0.39, 0.29) is 37.6 Å². The molecule has 0 aliphatic heterocycles. The molecule has 26 heavy (non-hydrogen) atoms. The lowest BCUT2D eigenvalue weighted by Crippen LogP contribution is -2.32. The van der Waals surface area contributed by atoms with Crippen molar-refractivity contribution in [3.05, 3.63) is 53.5 Å². The highest BCUT2D eigenvalue weighted by Crippen LogP contribution is 2.19. The summed E-state index contributed by atoms with van der Waals surface area (Å²) in [7, 11) is 0. The molecule has 0 radical (unpaired) electrons. The van der Waals surface area contributed by atoms with Crippen LogP contribution in [-0.4, -0.2) is 29.8 Å². The first-order valence-electron chi connectivity index (χ1n) is 8.05. The van der Waals surface area contributed by atoms with Crippen LogP contribution in [0.2, 0.25) is 0 Å². The minimum absolute atomic E-state index is 0.172. The number of hydrogen-bond donors (Lipinski definition) is 1. The van der Waals surface area contributed by atoms with Crippen molar-refractivity contribution in [1.82, 2.24) is 4.90 Å². The van der Waals surface area contributed by atoms with E-state index in [4.69, 9.17) is 14.9 Å². The van der Waals surface area contributed by atoms with Crippen molar-refractivity contribution in [2.75, 3.05) is 18.4 Å². The number of aryl methyl sites for hydroxylation is 1. The van der Waals surface area contributed by atoms with Gasteiger partial charge in [0.2, 0.25) is 0 Å². The smallest absolute Gasteiger partial charge is 0.291 e. The number of nitriles is 2. The lowest BCUT2D eigenvalue weighted by atomic mass is 10.1. The Labute approximate surface area is 151 Å². The van der Waals surface area contributed by atoms with E-state index >= 15 is 0 Å². The van der Waals surface area contributed by atoms with Gasteiger partial charge in [0.15, 0.2) is 5.76 Å². The van der Waals surface area contributed by atoms with Gasteiger partial charge in [-0.25, -0.2) is 0 Å². The summed E-state index contributed by atoms with van der Waals surface area (Å²) in [4.78, 5) is 26.3. The average Bonchev–Trinajstić information content (AvgIpc) is 3.18. The molecule has 7 nitrogen and oxygen atoms in total. The molecule has 7 heteroatoms. The van der Waals surface area contributed by atoms with Crippen LogP contribution in [0.5, 0.6) is 0 Å². The molecule has 2 rings (SSSR count). The molecule has 0 saturated carbocycles. The van der Waals surface area contributed by atoms with E-state index in [9.17, 15) is 9.59 Å². The predicted molar refractivity (Wildman–Crippen MR) is 94.2 cm³/mol. The normalized spacial score (nSPS) is 9.81. The van der Waals surface area contributed by atoms with Crippen LogP contribution < -0.4 is 5.32 Å². The number of nitrogens with one attached hydrogen (secondary N) is 1. The van der Waals surface area contributed by atoms with Crippen LogP contribution in [0.4, 0.5) is 5.69 Å². The molecule has 1 heterocycles. The molecule has 0 aliphatic carbocycles. The Morgan fingerprint density at radius 1 is 1.15 bits per heavy atom. The minimum Gasteiger partial charge on any atom is -0.459 e. The van der Waals surface area contributed by atoms with E-state index in [0.29, 0.717) is 11.3 Å². The van der Waals surface area contributed by atoms with Gasteiger partial charge < -0.3 is 14.6 Å². The maximum Gasteiger partial charge on any atom is 0.291 e. The van der Waals surface area contributed by atoms with E-state index in [1.54, 1.807) is 30.3 Å². The maximum atomic E-state index is 12.7. The molecule has 1 N–H and O–H groups in total. The standard InChI is InChI=1S/C19H18N4O3/c1-14-6-7-15(19(25)23(10-3-8-20)11-4-9-21)13-16(14)22-18(24)17-5-2-12-26-17/h2,5-7,12-13H,3-4,10-11H2,1H3,(H,22,24). The zero-order valence-corrected chi connectivity index (χ0v) is 14.4. The summed E-state index contributed by atoms with van der Waals surface area (Å²) in [6, 6.07) is 12.1. The lowest BCUT2D eigenvalue weighted by molar-refractivity contribution is 0.0762. The van der Waals surface area contributed by atoms with Crippen molar-refractivity contribution >= 4 is 17.5 Å². The zero-order valence-electron chi connectivity index (χ0n) is 14.4. The highest BCUT2D eigenvalue weighted by molar-refractivity contribution is 6.03. The summed E-state index contributed by atoms with van der Waals surface area (Å²) >= 11 is 0. The first kappa shape index (κ1) is 18.8. The van der Waals surface area contributed by atoms with Crippen molar-refractivity contribution in [2.45, 2.75) is 19.8 Å². The summed E-state index contributed by atoms with van der Waals surface area (Å²) in [5, 5.41) is 20.2. The molecule has 0 saturated heterocycles. The summed E-state index contributed by atoms with van der Waals surface area (Å²) < 4.78 is 5.06. The first-order chi connectivity index (χ1) is 12.6. The van der Waals surface area contributed by atoms with Gasteiger partial charge in [0.05, 0.1) is 31.2 Å². The van der Waals surface area contributed by atoms with E-state index in [0.717, 1.165) is 5.56 Å². The van der Waals surface area contributed by atoms with Crippen molar-refractivity contribution in [3.63, 3.8) is 0 Å². The fourth-order valence-corrected chi connectivity index (χ4v) is 2.35. The number of hydrogen-bond acceptors (Lipinski definition) is 5. The number of benzene rings is 1. The number of amides is 2. The lowest BCUT2D eigenvalue weighted by Gasteiger charge is -2.21. The predicted octanol–water partition coefficient (Wildman–Crippen LogP) is 3.11. The molecule has 0 bridgehead atoms. The summed E-state index contributed by atoms with van der Waals surface area (Å²) in [5.74, 6) is -0.525. The van der Waals surface area contributed by atoms with Crippen LogP contribution in [0.15, 0.2) is 41.0 Å². The van der Waals surface area contributed by atoms with E-state index in [2.05, 4.69) is 5.32 Å². The van der Waals surface area contributed by atoms with Crippen LogP contribution in [0.25, 0.3) is 0 Å². The molecular formula is C19H18N4O3. The third kappa shape index (κ3) is 4.71. The number of anilines is 1. The SMILES string of the molecule is Cc1ccc(C(=O)N(CCC#N)CCC#N)cc1NC(=O)c1ccco1. The second kappa shape index (κ2) is 9.05. The number of carbonyl (C=O) groups excluding carboxylic acids is 2. The molecule has 2 aromatic rings. The third-order valence-electron chi connectivity index (χ3n) is 3.75. The second-order valence-corrected chi connectivity index (χ2v) is 5.57. The topological polar surface area (TPSA) is 110 Å². The third-order valence-corrected chi connectivity index (χ3v) is 3.75. The zero-order chi connectivity index (χ0) is 18.9. The molecule has 0 unspecified atom stereocenters. The van der Waals surface area contributed by atoms with Crippen LogP contribution in [-0.2, 0) is 0 Å². The Morgan fingerprint density at radius 2 is 1.85 bits per heavy atom. The quantitative estimate of drug-likeness (QED) is 0.825. The van der Waals surface area contributed by atoms with Gasteiger partial charge in [0, 0.05) is 24.3 Å². The highest BCUT2D eigenvalue weighted by atomic mass is 16.3. The van der Waals surface area contributed by atoms with Gasteiger partial charge in [-0.1, -0.05) is 6.07 Å². The molecule has 0 fully saturated rings. The van der Waals surface area contributed by atoms with Gasteiger partial charge in [0.1, 0.15) is 0 Å². The molecule has 0 spiro atoms. The molecule has 1 aromatic heterocycles. The molecular weight excluding hydrogens is 332 g/mol. The summed E-state index contributed by atoms with van der Waals surface area (Å²) in [6.45, 7) is 2.31. The summed E-state index contributed by atoms with van der Waals surface area (Å²) in [6.07, 6.45) is 1.78. The average molecular weight is 350 g/mol. The Kier molecular flexibility index (Phi) is 6.53. The van der Waals surface area contributed by atoms with Crippen LogP contribution in [0.1, 0.15) is 39.3 Å². The minimum atomic E-state index is -0.409. The number of furan rings is 1. The Bertz CT molecular complexity index is 842. The Balaban J connectivity index is 2.20. The second-order valence-electron chi connectivity index (χ2n) is 5.57. The van der Waals surface area contributed by atoms with Crippen molar-refractivity contribution in [3.8, 4) is 12.1 Å². The van der Waals surface area contributed by atoms with Gasteiger partial charge in [-0.05, 0) is 36.8 Å². The van der Waals surface area contributed by atoms with Gasteiger partial charge in [-0.2, -0.15) is 10.5 Å². The molecule has 0 atom stereocenters. The van der Waals surface area contributed by atoms with Crippen LogP contribution in [0, 0.1) is 29.6 Å². The van der Waals surface area contributed by atoms with E-state index in [1.165, 1.54) is 11.2 Å². The van der Waals surface area contributed by atoms with Gasteiger partial charge in [0.25, 0.3) is 11.8 Å². The largest absolute Gasteiger partial charge is 0.459 e. The fraction of sp³-hybridized carbons (Fsp3) is 0.263. The van der Waals surface area contributed by atoms with Gasteiger partial charge in [-0.15, -0.1) is 0 Å². The van der Waals surface area contributed by atoms with Crippen molar-refractivity contribution in [2.24, 2.45) is 0 Å². The monoisotopic (exact) mass is 350 g/mol. The van der Waals surface area contributed by atoms with Crippen LogP contribution >= 0.6 is 0 Å². The molecule has 132 valence electrons. The summed E-state index contributed by atoms with van der Waals surface area (Å²) in [5.41, 5.74) is 1.67. The van der Waals surface area contributed by atoms with Gasteiger partial charge in [-0.3, -0.25) is 9.59 Å². The highest BCUT2D eigenvalue weighted by Gasteiger charge is 2.17. The molecule has 1 aromatic carbocycles. The first-order valence-corrected chi connectivity index (χ1v) is 8.05. The molecule has 0 aliphatic rings. The maximum absolute atomic E-state index is 12.7. The Hall–Kier alpha value is -3.58. The molecule has 2 amide bonds. The Morgan fingerprint density at radius 3 is 2.42 bits per heavy atom. The fourth-order valence-electron chi connectivity index (χ4n) is 2.35. The van der Waals surface area contributed by atoms with Crippen molar-refractivity contribution < 1.29 is 14.0 Å². The van der Waals surface area contributed by atoms with Crippen molar-refractivity contribution in [1.29, 1.82) is 10.5 Å². The number of nitrogens with zero attached hydrogens (tertiary/aromatic N) is 3. The van der Waals surface area contributed by atoms with Gasteiger partial charge >= 0.3 is 0 Å². The number of rotatable bonds is 7. The van der Waals surface area contributed by atoms with E-state index in [1.807, 2.05) is 19.1 Å². The number of carbonyl (C=O) groups is 2. The van der Waals surface area contributed by atoms with E-state index < -0.39 is 5.91 Å². The van der Waals surface area contributed by atoms with Crippen LogP contribution in [0.3, 0.4) is 0 Å².